The summed E-state index contributed by atoms with van der Waals surface area (Å²) < 4.78 is 46.3. The number of aryl methyl sites for hydroxylation is 1. The zero-order chi connectivity index (χ0) is 24.1. The number of nitrogens with zero attached hydrogens (tertiary/aromatic N) is 3. The van der Waals surface area contributed by atoms with E-state index in [2.05, 4.69) is 5.10 Å². The third kappa shape index (κ3) is 5.43. The van der Waals surface area contributed by atoms with Crippen molar-refractivity contribution in [3.63, 3.8) is 0 Å². The Labute approximate surface area is 196 Å². The molecule has 0 radical (unpaired) electrons. The Hall–Kier alpha value is -3.30. The lowest BCUT2D eigenvalue weighted by molar-refractivity contribution is -0.137. The molecule has 7 nitrogen and oxygen atoms in total. The van der Waals surface area contributed by atoms with E-state index in [1.54, 1.807) is 16.5 Å². The van der Waals surface area contributed by atoms with Gasteiger partial charge in [-0.25, -0.2) is 13.5 Å². The summed E-state index contributed by atoms with van der Waals surface area (Å²) in [6.45, 7) is 2.94. The number of benzene rings is 2. The molecule has 0 unspecified atom stereocenters. The number of hydrogen-bond donors (Lipinski definition) is 0. The first-order chi connectivity index (χ1) is 16.5. The van der Waals surface area contributed by atoms with Crippen molar-refractivity contribution < 1.29 is 27.8 Å². The second-order valence-electron chi connectivity index (χ2n) is 8.14. The molecular weight excluding hydrogens is 444 g/mol. The highest BCUT2D eigenvalue weighted by Crippen LogP contribution is 2.33. The van der Waals surface area contributed by atoms with Gasteiger partial charge in [0.15, 0.2) is 11.6 Å². The summed E-state index contributed by atoms with van der Waals surface area (Å²) in [7, 11) is 1.46. The highest BCUT2D eigenvalue weighted by atomic mass is 19.1. The Bertz CT molecular complexity index is 1130. The first-order valence-electron chi connectivity index (χ1n) is 11.1. The van der Waals surface area contributed by atoms with Crippen LogP contribution in [0.3, 0.4) is 0 Å². The Morgan fingerprint density at radius 3 is 2.71 bits per heavy atom. The molecule has 0 saturated carbocycles. The van der Waals surface area contributed by atoms with Gasteiger partial charge in [-0.05, 0) is 44.0 Å². The monoisotopic (exact) mass is 471 g/mol. The molecule has 0 N–H and O–H groups in total. The standard InChI is InChI=1S/C25H27F2N3O4/c1-17-21(15-29(24(31)16-32-2)14-20-9-6-12-33-20)25(30(28-17)19-7-4-3-5-8-19)34-23-11-10-18(26)13-22(23)27/h3-5,7-8,10-11,13,20H,6,9,12,14-16H2,1-2H3/t20-/m0/s1. The van der Waals surface area contributed by atoms with Gasteiger partial charge >= 0.3 is 0 Å². The highest BCUT2D eigenvalue weighted by molar-refractivity contribution is 5.77. The van der Waals surface area contributed by atoms with Crippen LogP contribution >= 0.6 is 0 Å². The lowest BCUT2D eigenvalue weighted by Crippen LogP contribution is -2.39. The number of amides is 1. The molecule has 4 rings (SSSR count). The van der Waals surface area contributed by atoms with E-state index in [4.69, 9.17) is 14.2 Å². The Morgan fingerprint density at radius 2 is 2.03 bits per heavy atom. The van der Waals surface area contributed by atoms with E-state index in [-0.39, 0.29) is 36.8 Å². The minimum absolute atomic E-state index is 0.0656. The fourth-order valence-corrected chi connectivity index (χ4v) is 3.93. The molecule has 1 aliphatic rings. The van der Waals surface area contributed by atoms with Gasteiger partial charge in [-0.15, -0.1) is 0 Å². The normalized spacial score (nSPS) is 15.5. The number of rotatable bonds is 9. The average Bonchev–Trinajstić information content (AvgIpc) is 3.44. The van der Waals surface area contributed by atoms with E-state index in [1.807, 2.05) is 30.3 Å². The van der Waals surface area contributed by atoms with Crippen LogP contribution in [0, 0.1) is 18.6 Å². The topological polar surface area (TPSA) is 65.8 Å². The van der Waals surface area contributed by atoms with Crippen LogP contribution in [0.1, 0.15) is 24.1 Å². The van der Waals surface area contributed by atoms with Gasteiger partial charge in [0.05, 0.1) is 29.6 Å². The van der Waals surface area contributed by atoms with Crippen LogP contribution in [0.5, 0.6) is 11.6 Å². The summed E-state index contributed by atoms with van der Waals surface area (Å²) in [4.78, 5) is 14.5. The van der Waals surface area contributed by atoms with Crippen LogP contribution in [0.4, 0.5) is 8.78 Å². The molecule has 0 spiro atoms. The second-order valence-corrected chi connectivity index (χ2v) is 8.14. The van der Waals surface area contributed by atoms with Crippen LogP contribution in [-0.4, -0.2) is 53.6 Å². The van der Waals surface area contributed by atoms with Crippen LogP contribution in [0.2, 0.25) is 0 Å². The second kappa shape index (κ2) is 10.8. The molecule has 1 saturated heterocycles. The Kier molecular flexibility index (Phi) is 7.54. The minimum Gasteiger partial charge on any atom is -0.435 e. The van der Waals surface area contributed by atoms with E-state index in [9.17, 15) is 13.6 Å². The van der Waals surface area contributed by atoms with Crippen molar-refractivity contribution >= 4 is 5.91 Å². The summed E-state index contributed by atoms with van der Waals surface area (Å²) in [5.41, 5.74) is 1.92. The van der Waals surface area contributed by atoms with Gasteiger partial charge in [-0.1, -0.05) is 18.2 Å². The van der Waals surface area contributed by atoms with Gasteiger partial charge in [0.1, 0.15) is 12.4 Å². The zero-order valence-corrected chi connectivity index (χ0v) is 19.2. The molecule has 3 aromatic rings. The number of carbonyl (C=O) groups excluding carboxylic acids is 1. The molecule has 34 heavy (non-hydrogen) atoms. The lowest BCUT2D eigenvalue weighted by Gasteiger charge is -2.25. The largest absolute Gasteiger partial charge is 0.435 e. The quantitative estimate of drug-likeness (QED) is 0.463. The van der Waals surface area contributed by atoms with Crippen molar-refractivity contribution in [1.29, 1.82) is 0 Å². The maximum absolute atomic E-state index is 14.5. The lowest BCUT2D eigenvalue weighted by atomic mass is 10.2. The molecule has 1 fully saturated rings. The van der Waals surface area contributed by atoms with E-state index in [1.165, 1.54) is 13.2 Å². The summed E-state index contributed by atoms with van der Waals surface area (Å²) in [6, 6.07) is 12.4. The van der Waals surface area contributed by atoms with E-state index < -0.39 is 11.6 Å². The number of methoxy groups -OCH3 is 1. The smallest absolute Gasteiger partial charge is 0.248 e. The maximum atomic E-state index is 14.5. The molecule has 1 aliphatic heterocycles. The summed E-state index contributed by atoms with van der Waals surface area (Å²) in [5, 5.41) is 4.61. The first-order valence-corrected chi connectivity index (χ1v) is 11.1. The van der Waals surface area contributed by atoms with Crippen molar-refractivity contribution in [3.05, 3.63) is 71.4 Å². The predicted molar refractivity (Wildman–Crippen MR) is 121 cm³/mol. The summed E-state index contributed by atoms with van der Waals surface area (Å²) in [6.07, 6.45) is 1.74. The van der Waals surface area contributed by atoms with Gasteiger partial charge in [0, 0.05) is 26.3 Å². The molecule has 2 heterocycles. The Morgan fingerprint density at radius 1 is 1.24 bits per heavy atom. The maximum Gasteiger partial charge on any atom is 0.248 e. The molecule has 1 amide bonds. The minimum atomic E-state index is -0.837. The summed E-state index contributed by atoms with van der Waals surface area (Å²) >= 11 is 0. The molecule has 1 aromatic heterocycles. The number of aromatic nitrogens is 2. The van der Waals surface area contributed by atoms with Crippen LogP contribution in [0.25, 0.3) is 5.69 Å². The number of halogens is 2. The van der Waals surface area contributed by atoms with Crippen LogP contribution < -0.4 is 4.74 Å². The molecule has 180 valence electrons. The Balaban J connectivity index is 1.73. The van der Waals surface area contributed by atoms with E-state index in [0.29, 0.717) is 30.1 Å². The van der Waals surface area contributed by atoms with Gasteiger partial charge in [-0.2, -0.15) is 5.10 Å². The van der Waals surface area contributed by atoms with Crippen molar-refractivity contribution in [2.45, 2.75) is 32.4 Å². The number of hydrogen-bond acceptors (Lipinski definition) is 5. The first kappa shape index (κ1) is 23.8. The molecule has 1 atom stereocenters. The zero-order valence-electron chi connectivity index (χ0n) is 19.2. The SMILES string of the molecule is COCC(=O)N(Cc1c(C)nn(-c2ccccc2)c1Oc1ccc(F)cc1F)C[C@@H]1CCCO1. The molecule has 0 aliphatic carbocycles. The van der Waals surface area contributed by atoms with Crippen molar-refractivity contribution in [2.75, 3.05) is 26.9 Å². The summed E-state index contributed by atoms with van der Waals surface area (Å²) in [5.74, 6) is -1.64. The third-order valence-corrected chi connectivity index (χ3v) is 5.66. The highest BCUT2D eigenvalue weighted by Gasteiger charge is 2.27. The van der Waals surface area contributed by atoms with E-state index in [0.717, 1.165) is 25.0 Å². The molecule has 0 bridgehead atoms. The number of carbonyl (C=O) groups is 1. The molecule has 9 heteroatoms. The third-order valence-electron chi connectivity index (χ3n) is 5.66. The van der Waals surface area contributed by atoms with Gasteiger partial charge in [-0.3, -0.25) is 4.79 Å². The molecule has 2 aromatic carbocycles. The van der Waals surface area contributed by atoms with Gasteiger partial charge < -0.3 is 19.1 Å². The van der Waals surface area contributed by atoms with Crippen molar-refractivity contribution in [2.24, 2.45) is 0 Å². The number of para-hydroxylation sites is 1. The van der Waals surface area contributed by atoms with Crippen LogP contribution in [0.15, 0.2) is 48.5 Å². The fraction of sp³-hybridized carbons (Fsp3) is 0.360. The fourth-order valence-electron chi connectivity index (χ4n) is 3.93. The van der Waals surface area contributed by atoms with Crippen molar-refractivity contribution in [3.8, 4) is 17.3 Å². The average molecular weight is 472 g/mol. The van der Waals surface area contributed by atoms with Crippen molar-refractivity contribution in [1.82, 2.24) is 14.7 Å². The van der Waals surface area contributed by atoms with E-state index >= 15 is 0 Å². The predicted octanol–water partition coefficient (Wildman–Crippen LogP) is 4.41. The molecular formula is C25H27F2N3O4. The van der Waals surface area contributed by atoms with Crippen LogP contribution in [-0.2, 0) is 20.8 Å². The van der Waals surface area contributed by atoms with Gasteiger partial charge in [0.25, 0.3) is 0 Å². The van der Waals surface area contributed by atoms with Gasteiger partial charge in [0.2, 0.25) is 11.8 Å². The number of ether oxygens (including phenoxy) is 3.